The van der Waals surface area contributed by atoms with Gasteiger partial charge in [0.2, 0.25) is 17.6 Å². The number of hydrogen-bond donors (Lipinski definition) is 3. The smallest absolute Gasteiger partial charge is 0.233 e. The number of nitrogens with one attached hydrogen (secondary N) is 3. The van der Waals surface area contributed by atoms with E-state index in [2.05, 4.69) is 67.3 Å². The molecule has 0 aromatic carbocycles. The van der Waals surface area contributed by atoms with Crippen LogP contribution in [-0.4, -0.2) is 114 Å². The van der Waals surface area contributed by atoms with Crippen molar-refractivity contribution in [1.29, 1.82) is 0 Å². The van der Waals surface area contributed by atoms with Crippen LogP contribution in [0.15, 0.2) is 36.4 Å². The van der Waals surface area contributed by atoms with Gasteiger partial charge in [-0.15, -0.1) is 15.3 Å². The summed E-state index contributed by atoms with van der Waals surface area (Å²) in [7, 11) is 0. The zero-order valence-corrected chi connectivity index (χ0v) is 31.5. The molecular formula is C34H54FN9O6S. The van der Waals surface area contributed by atoms with Gasteiger partial charge in [0.05, 0.1) is 94.7 Å². The van der Waals surface area contributed by atoms with E-state index in [4.69, 9.17) is 28.4 Å². The Hall–Kier alpha value is -3.32. The molecular weight excluding hydrogens is 681 g/mol. The van der Waals surface area contributed by atoms with Crippen molar-refractivity contribution < 1.29 is 32.3 Å². The number of hydrogen-bond acceptors (Lipinski definition) is 16. The molecule has 3 saturated heterocycles. The molecule has 6 heterocycles. The predicted octanol–water partition coefficient (Wildman–Crippen LogP) is 4.01. The highest BCUT2D eigenvalue weighted by Gasteiger charge is 2.23. The topological polar surface area (TPSA) is 169 Å². The summed E-state index contributed by atoms with van der Waals surface area (Å²) in [5.41, 5.74) is 2.69. The summed E-state index contributed by atoms with van der Waals surface area (Å²) in [5.74, 6) is 1.70. The Morgan fingerprint density at radius 2 is 0.824 bits per heavy atom. The average molecular weight is 736 g/mol. The lowest BCUT2D eigenvalue weighted by Gasteiger charge is -2.28. The lowest BCUT2D eigenvalue weighted by atomic mass is 10.1. The molecule has 6 rings (SSSR count). The van der Waals surface area contributed by atoms with Crippen LogP contribution in [0.1, 0.15) is 76.7 Å². The third-order valence-electron chi connectivity index (χ3n) is 7.34. The van der Waals surface area contributed by atoms with Crippen molar-refractivity contribution >= 4 is 12.1 Å². The summed E-state index contributed by atoms with van der Waals surface area (Å²) in [4.78, 5) is 0. The summed E-state index contributed by atoms with van der Waals surface area (Å²) in [5, 5.41) is 34.7. The molecule has 3 aromatic heterocycles. The summed E-state index contributed by atoms with van der Waals surface area (Å²) in [6.45, 7) is 18.1. The molecule has 0 amide bonds. The first-order chi connectivity index (χ1) is 24.8. The van der Waals surface area contributed by atoms with Crippen LogP contribution < -0.4 is 30.2 Å². The van der Waals surface area contributed by atoms with Crippen LogP contribution in [0.5, 0.6) is 17.6 Å². The van der Waals surface area contributed by atoms with Gasteiger partial charge in [-0.1, -0.05) is 0 Å². The van der Waals surface area contributed by atoms with E-state index in [-0.39, 0.29) is 30.3 Å². The Morgan fingerprint density at radius 1 is 0.549 bits per heavy atom. The minimum atomic E-state index is 0.131. The molecule has 0 saturated carbocycles. The fraction of sp³-hybridized carbons (Fsp3) is 0.647. The van der Waals surface area contributed by atoms with Gasteiger partial charge in [0.25, 0.3) is 0 Å². The monoisotopic (exact) mass is 735 g/mol. The molecule has 17 heteroatoms. The van der Waals surface area contributed by atoms with Crippen molar-refractivity contribution in [3.05, 3.63) is 53.5 Å². The van der Waals surface area contributed by atoms with Gasteiger partial charge in [-0.25, -0.2) is 0 Å². The second kappa shape index (κ2) is 24.0. The third kappa shape index (κ3) is 15.4. The van der Waals surface area contributed by atoms with Crippen LogP contribution in [-0.2, 0) is 14.2 Å². The molecule has 3 aromatic rings. The van der Waals surface area contributed by atoms with E-state index in [0.29, 0.717) is 75.4 Å². The lowest BCUT2D eigenvalue weighted by molar-refractivity contribution is 0.0488. The fourth-order valence-corrected chi connectivity index (χ4v) is 5.14. The van der Waals surface area contributed by atoms with Crippen LogP contribution in [0, 0.1) is 0 Å². The number of halogens is 1. The van der Waals surface area contributed by atoms with Gasteiger partial charge in [-0.3, -0.25) is 0 Å². The molecule has 3 fully saturated rings. The minimum Gasteiger partial charge on any atom is -0.477 e. The second-order valence-corrected chi connectivity index (χ2v) is 12.1. The molecule has 284 valence electrons. The van der Waals surface area contributed by atoms with E-state index in [1.807, 2.05) is 57.2 Å². The van der Waals surface area contributed by atoms with E-state index in [0.717, 1.165) is 36.9 Å². The van der Waals surface area contributed by atoms with E-state index in [1.165, 1.54) is 6.26 Å². The Kier molecular flexibility index (Phi) is 19.8. The molecule has 0 radical (unpaired) electrons. The first-order valence-electron chi connectivity index (χ1n) is 17.3. The highest BCUT2D eigenvalue weighted by Crippen LogP contribution is 2.19. The number of nitrogens with zero attached hydrogens (tertiary/aromatic N) is 6. The minimum absolute atomic E-state index is 0.131. The van der Waals surface area contributed by atoms with Gasteiger partial charge in [0.15, 0.2) is 0 Å². The summed E-state index contributed by atoms with van der Waals surface area (Å²) in [6, 6.07) is 12.8. The maximum Gasteiger partial charge on any atom is 0.233 e. The van der Waals surface area contributed by atoms with Crippen molar-refractivity contribution in [3.8, 4) is 17.6 Å². The first-order valence-corrected chi connectivity index (χ1v) is 18.5. The van der Waals surface area contributed by atoms with Gasteiger partial charge in [-0.05, 0) is 59.7 Å². The van der Waals surface area contributed by atoms with Gasteiger partial charge in [-0.2, -0.15) is 19.2 Å². The first kappa shape index (κ1) is 42.1. The lowest BCUT2D eigenvalue weighted by Crippen LogP contribution is -2.42. The Morgan fingerprint density at radius 3 is 1.02 bits per heavy atom. The standard InChI is InChI=1S/3C11H17N3O2.CH3FS/c3*1-3-16-11-5-4-9(13-14-11)10-7-15-6-8(2)12-10;1-3-2/h3*4-5,8,10,12H,3,6-7H2,1-2H3;1H3/t2*8-,10-;;/m10../s1. The predicted molar refractivity (Wildman–Crippen MR) is 193 cm³/mol. The van der Waals surface area contributed by atoms with Crippen molar-refractivity contribution in [1.82, 2.24) is 46.5 Å². The maximum absolute atomic E-state index is 10.2. The molecule has 15 nitrogen and oxygen atoms in total. The summed E-state index contributed by atoms with van der Waals surface area (Å²) in [6.07, 6.45) is 1.38. The van der Waals surface area contributed by atoms with Gasteiger partial charge < -0.3 is 44.4 Å². The maximum atomic E-state index is 10.2. The van der Waals surface area contributed by atoms with Crippen molar-refractivity contribution in [3.63, 3.8) is 0 Å². The Bertz CT molecular complexity index is 1180. The van der Waals surface area contributed by atoms with E-state index < -0.39 is 0 Å². The van der Waals surface area contributed by atoms with Gasteiger partial charge >= 0.3 is 0 Å². The second-order valence-electron chi connectivity index (χ2n) is 11.8. The molecule has 3 aliphatic rings. The van der Waals surface area contributed by atoms with Crippen molar-refractivity contribution in [2.75, 3.05) is 65.7 Å². The van der Waals surface area contributed by atoms with Crippen LogP contribution in [0.3, 0.4) is 0 Å². The summed E-state index contributed by atoms with van der Waals surface area (Å²) >= 11 is 0.250. The zero-order valence-electron chi connectivity index (χ0n) is 30.7. The van der Waals surface area contributed by atoms with Crippen molar-refractivity contribution in [2.45, 2.75) is 77.8 Å². The molecule has 6 atom stereocenters. The highest BCUT2D eigenvalue weighted by atomic mass is 32.2. The molecule has 2 unspecified atom stereocenters. The fourth-order valence-electron chi connectivity index (χ4n) is 5.14. The molecule has 0 aliphatic carbocycles. The average Bonchev–Trinajstić information content (AvgIpc) is 3.14. The van der Waals surface area contributed by atoms with Crippen LogP contribution in [0.2, 0.25) is 0 Å². The normalized spacial score (nSPS) is 24.2. The number of morpholine rings is 3. The van der Waals surface area contributed by atoms with E-state index >= 15 is 0 Å². The largest absolute Gasteiger partial charge is 0.477 e. The zero-order chi connectivity index (χ0) is 36.8. The van der Waals surface area contributed by atoms with Crippen LogP contribution in [0.25, 0.3) is 0 Å². The number of aromatic nitrogens is 6. The van der Waals surface area contributed by atoms with E-state index in [1.54, 1.807) is 0 Å². The van der Waals surface area contributed by atoms with Crippen molar-refractivity contribution in [2.24, 2.45) is 0 Å². The summed E-state index contributed by atoms with van der Waals surface area (Å²) < 4.78 is 42.3. The quantitative estimate of drug-likeness (QED) is 0.288. The Labute approximate surface area is 305 Å². The SMILES string of the molecule is CCOc1ccc(C2COCC(C)N2)nn1.CCOc1ccc([C@@H]2COC[C@H](C)N2)nn1.CCOc1ccc([C@H]2COC[C@@H](C)N2)nn1.CSF. The molecule has 3 N–H and O–H groups in total. The van der Waals surface area contributed by atoms with Gasteiger partial charge in [0.1, 0.15) is 0 Å². The number of rotatable bonds is 9. The van der Waals surface area contributed by atoms with Gasteiger partial charge in [0, 0.05) is 54.7 Å². The molecule has 3 aliphatic heterocycles. The highest BCUT2D eigenvalue weighted by molar-refractivity contribution is 7.93. The third-order valence-corrected chi connectivity index (χ3v) is 7.34. The van der Waals surface area contributed by atoms with Crippen LogP contribution in [0.4, 0.5) is 3.89 Å². The van der Waals surface area contributed by atoms with E-state index in [9.17, 15) is 3.89 Å². The Balaban J connectivity index is 0.000000199. The molecule has 0 spiro atoms. The van der Waals surface area contributed by atoms with Crippen LogP contribution >= 0.6 is 12.1 Å². The molecule has 51 heavy (non-hydrogen) atoms. The number of ether oxygens (including phenoxy) is 6. The molecule has 0 bridgehead atoms.